The van der Waals surface area contributed by atoms with Crippen LogP contribution in [0.5, 0.6) is 0 Å². The number of hydrogen-bond acceptors (Lipinski definition) is 8. The summed E-state index contributed by atoms with van der Waals surface area (Å²) in [7, 11) is -1.95. The lowest BCUT2D eigenvalue weighted by Gasteiger charge is -2.34. The van der Waals surface area contributed by atoms with Gasteiger partial charge in [-0.2, -0.15) is 4.98 Å². The van der Waals surface area contributed by atoms with Gasteiger partial charge in [0, 0.05) is 35.8 Å². The van der Waals surface area contributed by atoms with E-state index >= 15 is 0 Å². The number of rotatable bonds is 10. The Labute approximate surface area is 255 Å². The standard InChI is InChI=1S/C31H37F2N7O3S/c1-19(2)40-29-27(17-35-31(38-29)36-22-10-12-23(13-11-22)39(3)15-14-32)37-28(30(40)41)25-7-5-4-6-24(25)20-8-9-21(26(33)16-20)18-44(34,42)43/h4-9,16-17,19,22-23H,10-15,18H2,1-3H3,(H2,34,42,43)(H,35,36,38). The van der Waals surface area contributed by atoms with Crippen LogP contribution in [0.1, 0.15) is 51.1 Å². The molecule has 0 radical (unpaired) electrons. The van der Waals surface area contributed by atoms with Crippen LogP contribution in [0, 0.1) is 5.82 Å². The van der Waals surface area contributed by atoms with Crippen LogP contribution in [0.25, 0.3) is 33.5 Å². The van der Waals surface area contributed by atoms with Crippen molar-refractivity contribution in [3.8, 4) is 22.4 Å². The van der Waals surface area contributed by atoms with Crippen LogP contribution in [0.15, 0.2) is 53.5 Å². The number of fused-ring (bicyclic) bond motifs is 1. The highest BCUT2D eigenvalue weighted by Gasteiger charge is 2.25. The van der Waals surface area contributed by atoms with Gasteiger partial charge in [-0.3, -0.25) is 9.36 Å². The Morgan fingerprint density at radius 3 is 2.43 bits per heavy atom. The van der Waals surface area contributed by atoms with Crippen molar-refractivity contribution in [2.75, 3.05) is 25.6 Å². The molecule has 1 aliphatic carbocycles. The minimum absolute atomic E-state index is 0.0431. The van der Waals surface area contributed by atoms with Crippen molar-refractivity contribution in [3.63, 3.8) is 0 Å². The fraction of sp³-hybridized carbons (Fsp3) is 0.419. The number of nitrogens with two attached hydrogens (primary N) is 1. The molecule has 0 atom stereocenters. The van der Waals surface area contributed by atoms with E-state index in [1.165, 1.54) is 12.1 Å². The molecule has 5 rings (SSSR count). The molecular formula is C31H37F2N7O3S. The van der Waals surface area contributed by atoms with Crippen LogP contribution in [-0.2, 0) is 15.8 Å². The number of nitrogens with zero attached hydrogens (tertiary/aromatic N) is 5. The van der Waals surface area contributed by atoms with Crippen molar-refractivity contribution in [2.45, 2.75) is 63.4 Å². The van der Waals surface area contributed by atoms with Gasteiger partial charge < -0.3 is 10.2 Å². The van der Waals surface area contributed by atoms with Crippen LogP contribution >= 0.6 is 0 Å². The first kappa shape index (κ1) is 31.6. The van der Waals surface area contributed by atoms with E-state index in [1.54, 1.807) is 41.1 Å². The first-order chi connectivity index (χ1) is 20.9. The molecule has 0 bridgehead atoms. The fourth-order valence-electron chi connectivity index (χ4n) is 5.87. The quantitative estimate of drug-likeness (QED) is 0.260. The van der Waals surface area contributed by atoms with E-state index in [0.717, 1.165) is 25.7 Å². The molecule has 1 fully saturated rings. The first-order valence-corrected chi connectivity index (χ1v) is 16.4. The van der Waals surface area contributed by atoms with Crippen molar-refractivity contribution >= 4 is 27.1 Å². The zero-order chi connectivity index (χ0) is 31.6. The molecule has 2 heterocycles. The predicted octanol–water partition coefficient (Wildman–Crippen LogP) is 4.65. The van der Waals surface area contributed by atoms with Gasteiger partial charge in [-0.1, -0.05) is 36.4 Å². The van der Waals surface area contributed by atoms with Gasteiger partial charge in [0.1, 0.15) is 23.7 Å². The van der Waals surface area contributed by atoms with E-state index in [0.29, 0.717) is 46.4 Å². The summed E-state index contributed by atoms with van der Waals surface area (Å²) < 4.78 is 52.2. The molecule has 1 aliphatic rings. The second-order valence-corrected chi connectivity index (χ2v) is 13.2. The van der Waals surface area contributed by atoms with E-state index in [9.17, 15) is 22.0 Å². The number of anilines is 1. The molecule has 0 unspecified atom stereocenters. The number of hydrogen-bond donors (Lipinski definition) is 2. The molecule has 0 aliphatic heterocycles. The van der Waals surface area contributed by atoms with Crippen LogP contribution < -0.4 is 16.0 Å². The van der Waals surface area contributed by atoms with Crippen molar-refractivity contribution in [2.24, 2.45) is 5.14 Å². The zero-order valence-electron chi connectivity index (χ0n) is 25.0. The number of benzene rings is 2. The van der Waals surface area contributed by atoms with Gasteiger partial charge in [-0.05, 0) is 63.8 Å². The Morgan fingerprint density at radius 1 is 1.09 bits per heavy atom. The monoisotopic (exact) mass is 625 g/mol. The summed E-state index contributed by atoms with van der Waals surface area (Å²) in [6.45, 7) is 3.86. The molecule has 4 aromatic rings. The van der Waals surface area contributed by atoms with Crippen molar-refractivity contribution in [1.29, 1.82) is 0 Å². The second-order valence-electron chi connectivity index (χ2n) is 11.6. The van der Waals surface area contributed by atoms with Crippen molar-refractivity contribution < 1.29 is 17.2 Å². The molecule has 0 saturated heterocycles. The SMILES string of the molecule is CC(C)n1c(=O)c(-c2ccccc2-c2ccc(CS(N)(=O)=O)c(F)c2)nc2cnc(NC3CCC(N(C)CCF)CC3)nc21. The summed E-state index contributed by atoms with van der Waals surface area (Å²) in [4.78, 5) is 30.0. The number of nitrogens with one attached hydrogen (secondary N) is 1. The largest absolute Gasteiger partial charge is 0.351 e. The third-order valence-corrected chi connectivity index (χ3v) is 8.86. The van der Waals surface area contributed by atoms with Gasteiger partial charge in [-0.25, -0.2) is 32.3 Å². The van der Waals surface area contributed by atoms with E-state index in [4.69, 9.17) is 10.1 Å². The van der Waals surface area contributed by atoms with E-state index in [1.807, 2.05) is 20.9 Å². The van der Waals surface area contributed by atoms with Crippen molar-refractivity contribution in [3.05, 3.63) is 70.4 Å². The first-order valence-electron chi connectivity index (χ1n) is 14.7. The maximum Gasteiger partial charge on any atom is 0.279 e. The summed E-state index contributed by atoms with van der Waals surface area (Å²) in [5, 5.41) is 8.51. The summed E-state index contributed by atoms with van der Waals surface area (Å²) >= 11 is 0. The Balaban J connectivity index is 1.48. The van der Waals surface area contributed by atoms with Crippen LogP contribution in [0.3, 0.4) is 0 Å². The average Bonchev–Trinajstić information content (AvgIpc) is 2.97. The molecule has 0 spiro atoms. The molecule has 2 aromatic heterocycles. The summed E-state index contributed by atoms with van der Waals surface area (Å²) in [5.41, 5.74) is 2.10. The normalized spacial score (nSPS) is 17.5. The maximum absolute atomic E-state index is 14.9. The molecule has 10 nitrogen and oxygen atoms in total. The number of aromatic nitrogens is 4. The van der Waals surface area contributed by atoms with E-state index < -0.39 is 21.6 Å². The minimum Gasteiger partial charge on any atom is -0.351 e. The lowest BCUT2D eigenvalue weighted by molar-refractivity contribution is 0.174. The van der Waals surface area contributed by atoms with Gasteiger partial charge in [0.15, 0.2) is 5.65 Å². The molecule has 2 aromatic carbocycles. The third kappa shape index (κ3) is 6.95. The number of primary sulfonamides is 1. The van der Waals surface area contributed by atoms with Crippen molar-refractivity contribution in [1.82, 2.24) is 24.4 Å². The lowest BCUT2D eigenvalue weighted by atomic mass is 9.90. The Morgan fingerprint density at radius 2 is 1.80 bits per heavy atom. The smallest absolute Gasteiger partial charge is 0.279 e. The molecule has 0 amide bonds. The molecule has 234 valence electrons. The summed E-state index contributed by atoms with van der Waals surface area (Å²) in [5.74, 6) is -0.926. The minimum atomic E-state index is -3.91. The molecule has 1 saturated carbocycles. The van der Waals surface area contributed by atoms with Gasteiger partial charge in [0.2, 0.25) is 16.0 Å². The zero-order valence-corrected chi connectivity index (χ0v) is 25.8. The number of halogens is 2. The van der Waals surface area contributed by atoms with Gasteiger partial charge in [0.25, 0.3) is 5.56 Å². The Bertz CT molecular complexity index is 1820. The topological polar surface area (TPSA) is 136 Å². The fourth-order valence-corrected chi connectivity index (χ4v) is 6.54. The Kier molecular flexibility index (Phi) is 9.37. The lowest BCUT2D eigenvalue weighted by Crippen LogP contribution is -2.39. The Hall–Kier alpha value is -3.81. The van der Waals surface area contributed by atoms with Gasteiger partial charge in [0.05, 0.1) is 11.9 Å². The summed E-state index contributed by atoms with van der Waals surface area (Å²) in [6.07, 6.45) is 5.29. The number of alkyl halides is 1. The second kappa shape index (κ2) is 13.0. The van der Waals surface area contributed by atoms with Gasteiger partial charge >= 0.3 is 0 Å². The van der Waals surface area contributed by atoms with E-state index in [2.05, 4.69) is 20.2 Å². The summed E-state index contributed by atoms with van der Waals surface area (Å²) in [6, 6.07) is 11.5. The molecule has 3 N–H and O–H groups in total. The van der Waals surface area contributed by atoms with E-state index in [-0.39, 0.29) is 35.6 Å². The van der Waals surface area contributed by atoms with Crippen LogP contribution in [0.4, 0.5) is 14.7 Å². The third-order valence-electron chi connectivity index (χ3n) is 8.14. The molecule has 44 heavy (non-hydrogen) atoms. The average molecular weight is 626 g/mol. The maximum atomic E-state index is 14.9. The van der Waals surface area contributed by atoms with Crippen LogP contribution in [-0.4, -0.2) is 65.2 Å². The molecule has 13 heteroatoms. The van der Waals surface area contributed by atoms with Crippen LogP contribution in [0.2, 0.25) is 0 Å². The number of sulfonamides is 1. The predicted molar refractivity (Wildman–Crippen MR) is 168 cm³/mol. The highest BCUT2D eigenvalue weighted by molar-refractivity contribution is 7.88. The highest BCUT2D eigenvalue weighted by atomic mass is 32.2. The highest BCUT2D eigenvalue weighted by Crippen LogP contribution is 2.32. The molecular weight excluding hydrogens is 588 g/mol. The van der Waals surface area contributed by atoms with Gasteiger partial charge in [-0.15, -0.1) is 0 Å².